The van der Waals surface area contributed by atoms with Crippen LogP contribution in [0.25, 0.3) is 16.9 Å². The Morgan fingerprint density at radius 1 is 1.08 bits per heavy atom. The quantitative estimate of drug-likeness (QED) is 0.721. The number of ether oxygens (including phenoxy) is 2. The van der Waals surface area contributed by atoms with Crippen LogP contribution in [0.3, 0.4) is 0 Å². The molecular weight excluding hydrogens is 302 g/mol. The zero-order chi connectivity index (χ0) is 17.3. The topological polar surface area (TPSA) is 39.0 Å². The predicted octanol–water partition coefficient (Wildman–Crippen LogP) is 3.39. The molecule has 0 saturated carbocycles. The fraction of sp³-hybridized carbons (Fsp3) is 0.316. The lowest BCUT2D eigenvalue weighted by Gasteiger charge is -2.14. The zero-order valence-corrected chi connectivity index (χ0v) is 14.8. The van der Waals surface area contributed by atoms with E-state index in [0.717, 1.165) is 40.6 Å². The number of imidazole rings is 1. The number of aryl methyl sites for hydroxylation is 1. The highest BCUT2D eigenvalue weighted by Gasteiger charge is 2.18. The number of aromatic nitrogens is 2. The normalized spacial score (nSPS) is 11.2. The van der Waals surface area contributed by atoms with Gasteiger partial charge in [-0.05, 0) is 56.9 Å². The largest absolute Gasteiger partial charge is 0.497 e. The molecular formula is C19H23N3O2. The van der Waals surface area contributed by atoms with E-state index in [-0.39, 0.29) is 0 Å². The molecule has 0 atom stereocenters. The number of hydrogen-bond acceptors (Lipinski definition) is 4. The second-order valence-corrected chi connectivity index (χ2v) is 6.14. The number of benzene rings is 1. The van der Waals surface area contributed by atoms with Crippen LogP contribution in [0.15, 0.2) is 36.5 Å². The summed E-state index contributed by atoms with van der Waals surface area (Å²) in [5.74, 6) is 1.57. The maximum absolute atomic E-state index is 5.56. The number of pyridine rings is 1. The molecule has 0 saturated heterocycles. The highest BCUT2D eigenvalue weighted by Crippen LogP contribution is 2.35. The molecule has 0 bridgehead atoms. The van der Waals surface area contributed by atoms with Gasteiger partial charge in [-0.25, -0.2) is 4.98 Å². The Morgan fingerprint density at radius 3 is 2.54 bits per heavy atom. The maximum Gasteiger partial charge on any atom is 0.137 e. The van der Waals surface area contributed by atoms with Crippen LogP contribution < -0.4 is 9.47 Å². The first-order valence-corrected chi connectivity index (χ1v) is 7.88. The SMILES string of the molecule is COc1ccc(OC)c(-c2nc3cc(C)ccn3c2CN(C)C)c1. The van der Waals surface area contributed by atoms with Crippen LogP contribution in [0, 0.1) is 6.92 Å². The van der Waals surface area contributed by atoms with Crippen molar-refractivity contribution in [2.75, 3.05) is 28.3 Å². The molecule has 0 aliphatic heterocycles. The molecule has 2 heterocycles. The van der Waals surface area contributed by atoms with Gasteiger partial charge in [-0.3, -0.25) is 0 Å². The van der Waals surface area contributed by atoms with E-state index in [0.29, 0.717) is 0 Å². The molecule has 3 aromatic rings. The number of methoxy groups -OCH3 is 2. The van der Waals surface area contributed by atoms with Gasteiger partial charge in [0.1, 0.15) is 17.1 Å². The summed E-state index contributed by atoms with van der Waals surface area (Å²) in [4.78, 5) is 7.02. The minimum Gasteiger partial charge on any atom is -0.497 e. The van der Waals surface area contributed by atoms with Gasteiger partial charge in [0.15, 0.2) is 0 Å². The van der Waals surface area contributed by atoms with Crippen LogP contribution in [-0.2, 0) is 6.54 Å². The number of nitrogens with zero attached hydrogens (tertiary/aromatic N) is 3. The summed E-state index contributed by atoms with van der Waals surface area (Å²) >= 11 is 0. The van der Waals surface area contributed by atoms with E-state index >= 15 is 0 Å². The first-order chi connectivity index (χ1) is 11.5. The van der Waals surface area contributed by atoms with Gasteiger partial charge in [-0.15, -0.1) is 0 Å². The van der Waals surface area contributed by atoms with E-state index in [1.807, 2.05) is 18.2 Å². The summed E-state index contributed by atoms with van der Waals surface area (Å²) in [5, 5.41) is 0. The molecule has 0 amide bonds. The van der Waals surface area contributed by atoms with Crippen LogP contribution in [0.1, 0.15) is 11.3 Å². The van der Waals surface area contributed by atoms with E-state index < -0.39 is 0 Å². The van der Waals surface area contributed by atoms with Gasteiger partial charge in [0, 0.05) is 18.3 Å². The van der Waals surface area contributed by atoms with Gasteiger partial charge >= 0.3 is 0 Å². The third-order valence-corrected chi connectivity index (χ3v) is 4.01. The standard InChI is InChI=1S/C19H23N3O2/c1-13-8-9-22-16(12-21(2)3)19(20-18(22)10-13)15-11-14(23-4)6-7-17(15)24-5/h6-11H,12H2,1-5H3. The molecule has 0 spiro atoms. The van der Waals surface area contributed by atoms with Crippen molar-refractivity contribution in [1.29, 1.82) is 0 Å². The monoisotopic (exact) mass is 325 g/mol. The smallest absolute Gasteiger partial charge is 0.137 e. The van der Waals surface area contributed by atoms with Crippen LogP contribution in [-0.4, -0.2) is 42.6 Å². The van der Waals surface area contributed by atoms with Crippen LogP contribution >= 0.6 is 0 Å². The minimum absolute atomic E-state index is 0.778. The lowest BCUT2D eigenvalue weighted by atomic mass is 10.1. The summed E-state index contributed by atoms with van der Waals surface area (Å²) < 4.78 is 13.1. The average Bonchev–Trinajstić information content (AvgIpc) is 2.91. The predicted molar refractivity (Wildman–Crippen MR) is 95.9 cm³/mol. The molecule has 5 nitrogen and oxygen atoms in total. The van der Waals surface area contributed by atoms with Crippen molar-refractivity contribution in [3.05, 3.63) is 47.8 Å². The number of hydrogen-bond donors (Lipinski definition) is 0. The van der Waals surface area contributed by atoms with Crippen molar-refractivity contribution >= 4 is 5.65 Å². The third kappa shape index (κ3) is 2.95. The molecule has 0 unspecified atom stereocenters. The Bertz CT molecular complexity index is 868. The molecule has 5 heteroatoms. The van der Waals surface area contributed by atoms with Gasteiger partial charge in [0.25, 0.3) is 0 Å². The molecule has 0 radical (unpaired) electrons. The first-order valence-electron chi connectivity index (χ1n) is 7.88. The van der Waals surface area contributed by atoms with E-state index in [4.69, 9.17) is 14.5 Å². The van der Waals surface area contributed by atoms with E-state index in [9.17, 15) is 0 Å². The van der Waals surface area contributed by atoms with Gasteiger partial charge < -0.3 is 18.8 Å². The lowest BCUT2D eigenvalue weighted by molar-refractivity contribution is 0.395. The number of rotatable bonds is 5. The van der Waals surface area contributed by atoms with E-state index in [1.165, 1.54) is 5.56 Å². The number of fused-ring (bicyclic) bond motifs is 1. The molecule has 0 N–H and O–H groups in total. The Balaban J connectivity index is 2.28. The summed E-state index contributed by atoms with van der Waals surface area (Å²) in [6.07, 6.45) is 2.08. The second-order valence-electron chi connectivity index (χ2n) is 6.14. The molecule has 0 aliphatic rings. The zero-order valence-electron chi connectivity index (χ0n) is 14.8. The molecule has 3 rings (SSSR count). The fourth-order valence-electron chi connectivity index (χ4n) is 2.86. The summed E-state index contributed by atoms with van der Waals surface area (Å²) in [7, 11) is 7.45. The van der Waals surface area contributed by atoms with Crippen molar-refractivity contribution in [1.82, 2.24) is 14.3 Å². The van der Waals surface area contributed by atoms with Crippen molar-refractivity contribution in [2.45, 2.75) is 13.5 Å². The molecule has 0 fully saturated rings. The third-order valence-electron chi connectivity index (χ3n) is 4.01. The van der Waals surface area contributed by atoms with Crippen molar-refractivity contribution < 1.29 is 9.47 Å². The summed E-state index contributed by atoms with van der Waals surface area (Å²) in [6, 6.07) is 9.99. The molecule has 0 aliphatic carbocycles. The molecule has 126 valence electrons. The average molecular weight is 325 g/mol. The van der Waals surface area contributed by atoms with Gasteiger partial charge in [0.2, 0.25) is 0 Å². The van der Waals surface area contributed by atoms with Crippen molar-refractivity contribution in [3.8, 4) is 22.8 Å². The van der Waals surface area contributed by atoms with Crippen LogP contribution in [0.4, 0.5) is 0 Å². The van der Waals surface area contributed by atoms with Crippen molar-refractivity contribution in [3.63, 3.8) is 0 Å². The molecule has 24 heavy (non-hydrogen) atoms. The fourth-order valence-corrected chi connectivity index (χ4v) is 2.86. The van der Waals surface area contributed by atoms with Crippen LogP contribution in [0.5, 0.6) is 11.5 Å². The summed E-state index contributed by atoms with van der Waals surface area (Å²) in [6.45, 7) is 2.85. The Kier molecular flexibility index (Phi) is 4.44. The Hall–Kier alpha value is -2.53. The highest BCUT2D eigenvalue weighted by molar-refractivity contribution is 5.74. The first kappa shape index (κ1) is 16.3. The van der Waals surface area contributed by atoms with Crippen molar-refractivity contribution in [2.24, 2.45) is 0 Å². The van der Waals surface area contributed by atoms with Gasteiger partial charge in [-0.2, -0.15) is 0 Å². The second kappa shape index (κ2) is 6.53. The van der Waals surface area contributed by atoms with E-state index in [1.54, 1.807) is 14.2 Å². The molecule has 2 aromatic heterocycles. The minimum atomic E-state index is 0.778. The lowest BCUT2D eigenvalue weighted by Crippen LogP contribution is -2.13. The Labute approximate surface area is 142 Å². The molecule has 1 aromatic carbocycles. The van der Waals surface area contributed by atoms with E-state index in [2.05, 4.69) is 48.6 Å². The maximum atomic E-state index is 5.56. The Morgan fingerprint density at radius 2 is 1.88 bits per heavy atom. The van der Waals surface area contributed by atoms with Gasteiger partial charge in [-0.1, -0.05) is 0 Å². The van der Waals surface area contributed by atoms with Crippen LogP contribution in [0.2, 0.25) is 0 Å². The summed E-state index contributed by atoms with van der Waals surface area (Å²) in [5.41, 5.74) is 5.11. The van der Waals surface area contributed by atoms with Gasteiger partial charge in [0.05, 0.1) is 25.6 Å². The highest BCUT2D eigenvalue weighted by atomic mass is 16.5.